The van der Waals surface area contributed by atoms with Crippen molar-refractivity contribution in [1.29, 1.82) is 0 Å². The second kappa shape index (κ2) is 6.32. The maximum absolute atomic E-state index is 11.3. The lowest BCUT2D eigenvalue weighted by Gasteiger charge is -2.09. The van der Waals surface area contributed by atoms with Gasteiger partial charge in [-0.3, -0.25) is 4.79 Å². The van der Waals surface area contributed by atoms with Crippen LogP contribution in [0, 0.1) is 6.92 Å². The van der Waals surface area contributed by atoms with E-state index in [2.05, 4.69) is 0 Å². The van der Waals surface area contributed by atoms with Gasteiger partial charge < -0.3 is 19.9 Å². The number of benzene rings is 2. The summed E-state index contributed by atoms with van der Waals surface area (Å²) in [6.07, 6.45) is -0.128. The summed E-state index contributed by atoms with van der Waals surface area (Å²) in [5.74, 6) is -1.80. The van der Waals surface area contributed by atoms with Crippen molar-refractivity contribution in [3.8, 4) is 5.75 Å². The van der Waals surface area contributed by atoms with Crippen molar-refractivity contribution < 1.29 is 24.9 Å². The molecule has 3 rings (SSSR count). The molecule has 0 aliphatic carbocycles. The van der Waals surface area contributed by atoms with E-state index in [1.54, 1.807) is 36.4 Å². The molecule has 1 aromatic heterocycles. The molecule has 0 atom stereocenters. The third kappa shape index (κ3) is 3.19. The number of aliphatic carboxylic acids is 1. The standard InChI is InChI=1S/C19H17NO5/c1-11-16(9-18(22)23)15-7-4-13(19(24)25)8-17(15)20(11)10-12-2-5-14(21)6-3-12/h2-8,21H,9-10H2,1H3,(H,22,23)(H,24,25). The highest BCUT2D eigenvalue weighted by Crippen LogP contribution is 2.28. The molecule has 1 heterocycles. The van der Waals surface area contributed by atoms with E-state index >= 15 is 0 Å². The van der Waals surface area contributed by atoms with Crippen LogP contribution in [-0.2, 0) is 17.8 Å². The number of fused-ring (bicyclic) bond motifs is 1. The number of rotatable bonds is 5. The number of aromatic carboxylic acids is 1. The van der Waals surface area contributed by atoms with Gasteiger partial charge in [0.15, 0.2) is 0 Å². The quantitative estimate of drug-likeness (QED) is 0.663. The molecule has 3 aromatic rings. The number of nitrogens with zero attached hydrogens (tertiary/aromatic N) is 1. The van der Waals surface area contributed by atoms with Gasteiger partial charge in [-0.1, -0.05) is 18.2 Å². The highest BCUT2D eigenvalue weighted by atomic mass is 16.4. The lowest BCUT2D eigenvalue weighted by Crippen LogP contribution is -2.05. The maximum atomic E-state index is 11.3. The van der Waals surface area contributed by atoms with E-state index in [1.165, 1.54) is 6.07 Å². The van der Waals surface area contributed by atoms with Gasteiger partial charge >= 0.3 is 11.9 Å². The van der Waals surface area contributed by atoms with Gasteiger partial charge in [0.25, 0.3) is 0 Å². The fourth-order valence-corrected chi connectivity index (χ4v) is 3.04. The summed E-state index contributed by atoms with van der Waals surface area (Å²) in [6, 6.07) is 11.4. The van der Waals surface area contributed by atoms with E-state index in [0.29, 0.717) is 17.6 Å². The first-order valence-corrected chi connectivity index (χ1v) is 7.71. The maximum Gasteiger partial charge on any atom is 0.335 e. The Morgan fingerprint density at radius 3 is 2.32 bits per heavy atom. The Labute approximate surface area is 143 Å². The zero-order valence-electron chi connectivity index (χ0n) is 13.6. The van der Waals surface area contributed by atoms with Gasteiger partial charge in [-0.2, -0.15) is 0 Å². The van der Waals surface area contributed by atoms with Gasteiger partial charge in [-0.25, -0.2) is 4.79 Å². The van der Waals surface area contributed by atoms with Crippen LogP contribution in [0.3, 0.4) is 0 Å². The second-order valence-corrected chi connectivity index (χ2v) is 5.92. The highest BCUT2D eigenvalue weighted by molar-refractivity contribution is 5.96. The Morgan fingerprint density at radius 2 is 1.72 bits per heavy atom. The number of aromatic nitrogens is 1. The van der Waals surface area contributed by atoms with Gasteiger partial charge in [0.05, 0.1) is 12.0 Å². The molecule has 0 unspecified atom stereocenters. The van der Waals surface area contributed by atoms with E-state index in [1.807, 2.05) is 11.5 Å². The molecule has 2 aromatic carbocycles. The zero-order chi connectivity index (χ0) is 18.1. The van der Waals surface area contributed by atoms with Crippen LogP contribution in [0.25, 0.3) is 10.9 Å². The minimum atomic E-state index is -1.03. The van der Waals surface area contributed by atoms with Crippen LogP contribution < -0.4 is 0 Å². The Bertz CT molecular complexity index is 970. The van der Waals surface area contributed by atoms with E-state index in [9.17, 15) is 24.9 Å². The van der Waals surface area contributed by atoms with Gasteiger partial charge in [-0.05, 0) is 42.3 Å². The third-order valence-electron chi connectivity index (χ3n) is 4.31. The molecule has 0 amide bonds. The molecule has 0 saturated heterocycles. The minimum absolute atomic E-state index is 0.128. The molecule has 0 radical (unpaired) electrons. The van der Waals surface area contributed by atoms with Crippen LogP contribution in [0.15, 0.2) is 42.5 Å². The molecule has 0 spiro atoms. The van der Waals surface area contributed by atoms with E-state index in [4.69, 9.17) is 0 Å². The van der Waals surface area contributed by atoms with Crippen LogP contribution in [-0.4, -0.2) is 31.8 Å². The van der Waals surface area contributed by atoms with Gasteiger partial charge in [-0.15, -0.1) is 0 Å². The number of carboxylic acids is 2. The number of carboxylic acid groups (broad SMARTS) is 2. The first kappa shape index (κ1) is 16.6. The number of phenolic OH excluding ortho intramolecular Hbond substituents is 1. The normalized spacial score (nSPS) is 10.9. The second-order valence-electron chi connectivity index (χ2n) is 5.92. The van der Waals surface area contributed by atoms with Crippen molar-refractivity contribution in [2.75, 3.05) is 0 Å². The topological polar surface area (TPSA) is 99.8 Å². The predicted octanol–water partition coefficient (Wildman–Crippen LogP) is 3.03. The molecule has 6 nitrogen and oxygen atoms in total. The van der Waals surface area contributed by atoms with Crippen molar-refractivity contribution in [1.82, 2.24) is 4.57 Å². The van der Waals surface area contributed by atoms with E-state index in [0.717, 1.165) is 16.6 Å². The van der Waals surface area contributed by atoms with Crippen LogP contribution in [0.2, 0.25) is 0 Å². The summed E-state index contributed by atoms with van der Waals surface area (Å²) < 4.78 is 1.91. The average molecular weight is 339 g/mol. The van der Waals surface area contributed by atoms with Crippen molar-refractivity contribution >= 4 is 22.8 Å². The average Bonchev–Trinajstić information content (AvgIpc) is 2.81. The summed E-state index contributed by atoms with van der Waals surface area (Å²) >= 11 is 0. The lowest BCUT2D eigenvalue weighted by molar-refractivity contribution is -0.136. The fraction of sp³-hybridized carbons (Fsp3) is 0.158. The lowest BCUT2D eigenvalue weighted by atomic mass is 10.1. The van der Waals surface area contributed by atoms with Crippen molar-refractivity contribution in [3.63, 3.8) is 0 Å². The molecule has 6 heteroatoms. The number of carbonyl (C=O) groups is 2. The van der Waals surface area contributed by atoms with Crippen LogP contribution >= 0.6 is 0 Å². The van der Waals surface area contributed by atoms with Gasteiger partial charge in [0.2, 0.25) is 0 Å². The Morgan fingerprint density at radius 1 is 1.04 bits per heavy atom. The van der Waals surface area contributed by atoms with Crippen LogP contribution in [0.4, 0.5) is 0 Å². The van der Waals surface area contributed by atoms with E-state index in [-0.39, 0.29) is 17.7 Å². The molecular formula is C19H17NO5. The SMILES string of the molecule is Cc1c(CC(=O)O)c2ccc(C(=O)O)cc2n1Cc1ccc(O)cc1. The smallest absolute Gasteiger partial charge is 0.335 e. The Hall–Kier alpha value is -3.28. The molecule has 0 bridgehead atoms. The summed E-state index contributed by atoms with van der Waals surface area (Å²) in [5, 5.41) is 28.6. The first-order valence-electron chi connectivity index (χ1n) is 7.71. The Kier molecular flexibility index (Phi) is 4.19. The summed E-state index contributed by atoms with van der Waals surface area (Å²) in [5.41, 5.74) is 3.21. The molecule has 0 aliphatic rings. The van der Waals surface area contributed by atoms with Crippen LogP contribution in [0.5, 0.6) is 5.75 Å². The van der Waals surface area contributed by atoms with Gasteiger partial charge in [0, 0.05) is 23.1 Å². The third-order valence-corrected chi connectivity index (χ3v) is 4.31. The van der Waals surface area contributed by atoms with Gasteiger partial charge in [0.1, 0.15) is 5.75 Å². The minimum Gasteiger partial charge on any atom is -0.508 e. The number of phenols is 1. The molecule has 0 saturated carbocycles. The molecule has 128 valence electrons. The number of aromatic hydroxyl groups is 1. The van der Waals surface area contributed by atoms with E-state index < -0.39 is 11.9 Å². The largest absolute Gasteiger partial charge is 0.508 e. The first-order chi connectivity index (χ1) is 11.9. The van der Waals surface area contributed by atoms with Crippen molar-refractivity contribution in [2.24, 2.45) is 0 Å². The molecule has 0 aliphatic heterocycles. The molecule has 0 fully saturated rings. The highest BCUT2D eigenvalue weighted by Gasteiger charge is 2.18. The molecule has 3 N–H and O–H groups in total. The number of hydrogen-bond donors (Lipinski definition) is 3. The number of hydrogen-bond acceptors (Lipinski definition) is 3. The van der Waals surface area contributed by atoms with Crippen molar-refractivity contribution in [3.05, 3.63) is 64.8 Å². The van der Waals surface area contributed by atoms with Crippen LogP contribution in [0.1, 0.15) is 27.2 Å². The summed E-state index contributed by atoms with van der Waals surface area (Å²) in [4.78, 5) is 22.5. The zero-order valence-corrected chi connectivity index (χ0v) is 13.6. The summed E-state index contributed by atoms with van der Waals surface area (Å²) in [7, 11) is 0. The van der Waals surface area contributed by atoms with Crippen molar-refractivity contribution in [2.45, 2.75) is 19.9 Å². The monoisotopic (exact) mass is 339 g/mol. The summed E-state index contributed by atoms with van der Waals surface area (Å²) in [6.45, 7) is 2.28. The molecule has 25 heavy (non-hydrogen) atoms. The molecular weight excluding hydrogens is 322 g/mol. The fourth-order valence-electron chi connectivity index (χ4n) is 3.04. The predicted molar refractivity (Wildman–Crippen MR) is 92.2 cm³/mol. The Balaban J connectivity index is 2.18.